The number of hydrogen-bond donors (Lipinski definition) is 0. The minimum absolute atomic E-state index is 0.119. The number of ether oxygens (including phenoxy) is 1. The number of benzene rings is 1. The van der Waals surface area contributed by atoms with Gasteiger partial charge in [0.1, 0.15) is 11.5 Å². The van der Waals surface area contributed by atoms with Crippen molar-refractivity contribution in [2.75, 3.05) is 6.61 Å². The van der Waals surface area contributed by atoms with Gasteiger partial charge in [0.25, 0.3) is 0 Å². The van der Waals surface area contributed by atoms with Gasteiger partial charge in [0.2, 0.25) is 0 Å². The molecule has 1 aliphatic rings. The molecule has 0 amide bonds. The number of hydrogen-bond acceptors (Lipinski definition) is 4. The lowest BCUT2D eigenvalue weighted by molar-refractivity contribution is -0.388. The van der Waals surface area contributed by atoms with Crippen LogP contribution in [0.25, 0.3) is 10.9 Å². The number of rotatable bonds is 3. The molecular weight excluding hydrogens is 246 g/mol. The van der Waals surface area contributed by atoms with Crippen LogP contribution in [0.1, 0.15) is 0 Å². The third-order valence-corrected chi connectivity index (χ3v) is 2.88. The average Bonchev–Trinajstić information content (AvgIpc) is 3.00. The number of epoxide rings is 1. The molecule has 2 heterocycles. The molecule has 88 valence electrons. The van der Waals surface area contributed by atoms with Gasteiger partial charge in [-0.05, 0) is 23.1 Å². The summed E-state index contributed by atoms with van der Waals surface area (Å²) < 4.78 is 6.70. The number of aromatic nitrogens is 2. The highest BCUT2D eigenvalue weighted by Gasteiger charge is 2.28. The number of fused-ring (bicyclic) bond motifs is 1. The number of nitrogens with zero attached hydrogens (tertiary/aromatic N) is 3. The summed E-state index contributed by atoms with van der Waals surface area (Å²) in [5.74, 6) is -0.164. The molecule has 2 aromatic rings. The average molecular weight is 254 g/mol. The molecule has 1 atom stereocenters. The summed E-state index contributed by atoms with van der Waals surface area (Å²) in [6.07, 6.45) is 0.119. The molecule has 0 radical (unpaired) electrons. The zero-order chi connectivity index (χ0) is 12.0. The van der Waals surface area contributed by atoms with E-state index in [-0.39, 0.29) is 11.9 Å². The van der Waals surface area contributed by atoms with E-state index in [1.54, 1.807) is 22.9 Å². The zero-order valence-electron chi connectivity index (χ0n) is 8.67. The fourth-order valence-corrected chi connectivity index (χ4v) is 1.95. The smallest absolute Gasteiger partial charge is 0.371 e. The van der Waals surface area contributed by atoms with E-state index in [0.29, 0.717) is 29.1 Å². The van der Waals surface area contributed by atoms with E-state index in [2.05, 4.69) is 5.10 Å². The van der Waals surface area contributed by atoms with Gasteiger partial charge < -0.3 is 14.9 Å². The Kier molecular flexibility index (Phi) is 2.27. The van der Waals surface area contributed by atoms with Crippen LogP contribution in [0.2, 0.25) is 5.02 Å². The quantitative estimate of drug-likeness (QED) is 0.476. The van der Waals surface area contributed by atoms with E-state index in [9.17, 15) is 10.1 Å². The van der Waals surface area contributed by atoms with Gasteiger partial charge in [-0.3, -0.25) is 0 Å². The Morgan fingerprint density at radius 2 is 2.41 bits per heavy atom. The third-order valence-electron chi connectivity index (χ3n) is 2.64. The second-order valence-corrected chi connectivity index (χ2v) is 4.32. The first kappa shape index (κ1) is 10.5. The fourth-order valence-electron chi connectivity index (χ4n) is 1.77. The maximum absolute atomic E-state index is 10.9. The van der Waals surface area contributed by atoms with Crippen LogP contribution < -0.4 is 0 Å². The summed E-state index contributed by atoms with van der Waals surface area (Å²) in [6.45, 7) is 1.22. The molecule has 0 bridgehead atoms. The minimum Gasteiger partial charge on any atom is -0.371 e. The van der Waals surface area contributed by atoms with Crippen molar-refractivity contribution in [2.24, 2.45) is 0 Å². The van der Waals surface area contributed by atoms with Crippen molar-refractivity contribution in [3.05, 3.63) is 33.3 Å². The minimum atomic E-state index is -0.497. The highest BCUT2D eigenvalue weighted by atomic mass is 35.5. The lowest BCUT2D eigenvalue weighted by atomic mass is 10.2. The second-order valence-electron chi connectivity index (χ2n) is 3.88. The molecule has 1 aliphatic heterocycles. The Morgan fingerprint density at radius 3 is 3.06 bits per heavy atom. The van der Waals surface area contributed by atoms with Gasteiger partial charge >= 0.3 is 5.82 Å². The molecule has 1 aromatic heterocycles. The topological polar surface area (TPSA) is 73.5 Å². The van der Waals surface area contributed by atoms with E-state index in [4.69, 9.17) is 16.3 Å². The zero-order valence-corrected chi connectivity index (χ0v) is 9.42. The van der Waals surface area contributed by atoms with Gasteiger partial charge in [-0.15, -0.1) is 0 Å². The maximum atomic E-state index is 10.9. The fraction of sp³-hybridized carbons (Fsp3) is 0.300. The predicted molar refractivity (Wildman–Crippen MR) is 61.1 cm³/mol. The maximum Gasteiger partial charge on any atom is 0.397 e. The summed E-state index contributed by atoms with van der Waals surface area (Å²) in [6, 6.07) is 4.99. The molecule has 0 N–H and O–H groups in total. The van der Waals surface area contributed by atoms with Crippen LogP contribution >= 0.6 is 11.6 Å². The van der Waals surface area contributed by atoms with E-state index < -0.39 is 4.92 Å². The number of nitro groups is 1. The van der Waals surface area contributed by atoms with E-state index in [1.165, 1.54) is 0 Å². The van der Waals surface area contributed by atoms with Crippen LogP contribution in [0.3, 0.4) is 0 Å². The summed E-state index contributed by atoms with van der Waals surface area (Å²) in [7, 11) is 0. The lowest BCUT2D eigenvalue weighted by Gasteiger charge is -1.94. The molecule has 1 fully saturated rings. The predicted octanol–water partition coefficient (Wildman–Crippen LogP) is 2.00. The standard InChI is InChI=1S/C10H8ClN3O3/c11-6-1-2-9-8(3-6)10(14(15)16)12-13(9)4-7-5-17-7/h1-3,7H,4-5H2/t7-/m1/s1. The highest BCUT2D eigenvalue weighted by molar-refractivity contribution is 6.31. The van der Waals surface area contributed by atoms with Gasteiger partial charge in [0, 0.05) is 5.02 Å². The van der Waals surface area contributed by atoms with Gasteiger partial charge in [-0.1, -0.05) is 11.6 Å². The van der Waals surface area contributed by atoms with Gasteiger partial charge in [-0.25, -0.2) is 0 Å². The normalized spacial score (nSPS) is 18.5. The van der Waals surface area contributed by atoms with Gasteiger partial charge in [-0.2, -0.15) is 4.68 Å². The molecule has 0 unspecified atom stereocenters. The van der Waals surface area contributed by atoms with E-state index in [1.807, 2.05) is 0 Å². The van der Waals surface area contributed by atoms with Crippen molar-refractivity contribution in [3.8, 4) is 0 Å². The second kappa shape index (κ2) is 3.68. The summed E-state index contributed by atoms with van der Waals surface area (Å²) >= 11 is 5.84. The van der Waals surface area contributed by atoms with Gasteiger partial charge in [0.15, 0.2) is 0 Å². The lowest BCUT2D eigenvalue weighted by Crippen LogP contribution is -2.05. The van der Waals surface area contributed by atoms with Crippen molar-refractivity contribution in [2.45, 2.75) is 12.6 Å². The van der Waals surface area contributed by atoms with E-state index >= 15 is 0 Å². The SMILES string of the molecule is O=[N+]([O-])c1nn(C[C@@H]2CO2)c2ccc(Cl)cc12. The molecule has 3 rings (SSSR count). The van der Waals surface area contributed by atoms with Crippen molar-refractivity contribution in [1.29, 1.82) is 0 Å². The van der Waals surface area contributed by atoms with Crippen LogP contribution in [-0.4, -0.2) is 27.4 Å². The Balaban J connectivity index is 2.18. The first-order valence-electron chi connectivity index (χ1n) is 5.07. The molecule has 1 aromatic carbocycles. The summed E-state index contributed by atoms with van der Waals surface area (Å²) in [5.41, 5.74) is 0.705. The molecule has 7 heteroatoms. The van der Waals surface area contributed by atoms with Crippen molar-refractivity contribution >= 4 is 28.3 Å². The van der Waals surface area contributed by atoms with E-state index in [0.717, 1.165) is 0 Å². The first-order chi connectivity index (χ1) is 8.15. The molecular formula is C10H8ClN3O3. The monoisotopic (exact) mass is 253 g/mol. The van der Waals surface area contributed by atoms with Crippen molar-refractivity contribution in [3.63, 3.8) is 0 Å². The number of halogens is 1. The van der Waals surface area contributed by atoms with Crippen LogP contribution in [0.5, 0.6) is 0 Å². The van der Waals surface area contributed by atoms with Crippen LogP contribution in [0, 0.1) is 10.1 Å². The van der Waals surface area contributed by atoms with Crippen molar-refractivity contribution < 1.29 is 9.66 Å². The third kappa shape index (κ3) is 1.85. The molecule has 0 saturated carbocycles. The molecule has 6 nitrogen and oxygen atoms in total. The Labute approximate surface area is 101 Å². The summed E-state index contributed by atoms with van der Waals surface area (Å²) in [4.78, 5) is 10.4. The molecule has 0 spiro atoms. The largest absolute Gasteiger partial charge is 0.397 e. The van der Waals surface area contributed by atoms with Gasteiger partial charge in [0.05, 0.1) is 23.8 Å². The Morgan fingerprint density at radius 1 is 1.65 bits per heavy atom. The molecule has 17 heavy (non-hydrogen) atoms. The first-order valence-corrected chi connectivity index (χ1v) is 5.45. The summed E-state index contributed by atoms with van der Waals surface area (Å²) in [5, 5.41) is 15.8. The van der Waals surface area contributed by atoms with Crippen LogP contribution in [-0.2, 0) is 11.3 Å². The highest BCUT2D eigenvalue weighted by Crippen LogP contribution is 2.28. The van der Waals surface area contributed by atoms with Crippen molar-refractivity contribution in [1.82, 2.24) is 9.78 Å². The van der Waals surface area contributed by atoms with Crippen LogP contribution in [0.4, 0.5) is 5.82 Å². The van der Waals surface area contributed by atoms with Crippen LogP contribution in [0.15, 0.2) is 18.2 Å². The Bertz CT molecular complexity index is 606. The molecule has 1 saturated heterocycles. The Hall–Kier alpha value is -1.66. The molecule has 0 aliphatic carbocycles.